The molecule has 1 saturated heterocycles. The summed E-state index contributed by atoms with van der Waals surface area (Å²) in [6.07, 6.45) is 15.9. The summed E-state index contributed by atoms with van der Waals surface area (Å²) in [5.74, 6) is 0. The van der Waals surface area contributed by atoms with Crippen LogP contribution in [0.1, 0.15) is 32.1 Å². The largest absolute Gasteiger partial charge is 0.311 e. The van der Waals surface area contributed by atoms with Gasteiger partial charge in [0.1, 0.15) is 11.4 Å². The lowest BCUT2D eigenvalue weighted by Gasteiger charge is -2.58. The van der Waals surface area contributed by atoms with Crippen molar-refractivity contribution in [1.82, 2.24) is 39.1 Å². The highest BCUT2D eigenvalue weighted by molar-refractivity contribution is 5.77. The molecule has 1 aliphatic carbocycles. The van der Waals surface area contributed by atoms with Crippen LogP contribution in [0.2, 0.25) is 0 Å². The molecule has 10 heteroatoms. The molecule has 2 fully saturated rings. The van der Waals surface area contributed by atoms with Crippen LogP contribution in [0.5, 0.6) is 0 Å². The molecule has 0 aromatic carbocycles. The number of nitriles is 2. The van der Waals surface area contributed by atoms with Crippen LogP contribution >= 0.6 is 0 Å². The van der Waals surface area contributed by atoms with Gasteiger partial charge in [0.2, 0.25) is 0 Å². The van der Waals surface area contributed by atoms with E-state index in [0.717, 1.165) is 66.9 Å². The molecule has 1 spiro atoms. The van der Waals surface area contributed by atoms with Crippen molar-refractivity contribution in [3.8, 4) is 34.9 Å². The van der Waals surface area contributed by atoms with E-state index in [1.807, 2.05) is 58.1 Å². The third-order valence-electron chi connectivity index (χ3n) is 7.49. The summed E-state index contributed by atoms with van der Waals surface area (Å²) in [4.78, 5) is 6.75. The van der Waals surface area contributed by atoms with Crippen LogP contribution in [0.4, 0.5) is 0 Å². The number of fused-ring (bicyclic) bond motifs is 1. The van der Waals surface area contributed by atoms with Crippen molar-refractivity contribution in [2.24, 2.45) is 12.5 Å². The molecule has 0 bridgehead atoms. The monoisotopic (exact) mass is 452 g/mol. The molecular formula is C24H24N10. The molecule has 0 amide bonds. The van der Waals surface area contributed by atoms with E-state index in [0.29, 0.717) is 6.42 Å². The fraction of sp³-hybridized carbons (Fsp3) is 0.417. The Bertz CT molecular complexity index is 1440. The first-order chi connectivity index (χ1) is 16.5. The maximum Gasteiger partial charge on any atom is 0.179 e. The number of rotatable bonds is 4. The SMILES string of the molecule is Cn1ccc(-c2cn3nccc3c(-c3cnn(C4(CC#N)CC5(CCN(C#N)CC5)C4)c3)n2)n1. The van der Waals surface area contributed by atoms with Crippen LogP contribution in [-0.4, -0.2) is 52.1 Å². The van der Waals surface area contributed by atoms with Crippen molar-refractivity contribution in [2.45, 2.75) is 37.6 Å². The summed E-state index contributed by atoms with van der Waals surface area (Å²) in [5, 5.41) is 32.4. The van der Waals surface area contributed by atoms with Crippen molar-refractivity contribution in [3.63, 3.8) is 0 Å². The van der Waals surface area contributed by atoms with E-state index in [9.17, 15) is 10.5 Å². The zero-order valence-corrected chi connectivity index (χ0v) is 19.0. The first-order valence-corrected chi connectivity index (χ1v) is 11.4. The van der Waals surface area contributed by atoms with E-state index < -0.39 is 0 Å². The second-order valence-corrected chi connectivity index (χ2v) is 9.68. The highest BCUT2D eigenvalue weighted by atomic mass is 15.3. The van der Waals surface area contributed by atoms with E-state index >= 15 is 0 Å². The van der Waals surface area contributed by atoms with Gasteiger partial charge >= 0.3 is 0 Å². The zero-order chi connectivity index (χ0) is 23.3. The Morgan fingerprint density at radius 2 is 1.88 bits per heavy atom. The molecule has 10 nitrogen and oxygen atoms in total. The van der Waals surface area contributed by atoms with Crippen molar-refractivity contribution in [2.75, 3.05) is 13.1 Å². The van der Waals surface area contributed by atoms with Gasteiger partial charge in [-0.1, -0.05) is 0 Å². The lowest BCUT2D eigenvalue weighted by molar-refractivity contribution is -0.0679. The molecule has 4 aromatic rings. The normalized spacial score (nSPS) is 18.5. The van der Waals surface area contributed by atoms with Crippen molar-refractivity contribution in [1.29, 1.82) is 10.5 Å². The van der Waals surface area contributed by atoms with Gasteiger partial charge < -0.3 is 4.90 Å². The van der Waals surface area contributed by atoms with Gasteiger partial charge in [-0.2, -0.15) is 25.8 Å². The first-order valence-electron chi connectivity index (χ1n) is 11.4. The Morgan fingerprint density at radius 1 is 1.06 bits per heavy atom. The summed E-state index contributed by atoms with van der Waals surface area (Å²) < 4.78 is 5.55. The van der Waals surface area contributed by atoms with Crippen LogP contribution in [-0.2, 0) is 12.6 Å². The third kappa shape index (κ3) is 3.14. The second kappa shape index (κ2) is 7.42. The van der Waals surface area contributed by atoms with E-state index in [2.05, 4.69) is 22.5 Å². The highest BCUT2D eigenvalue weighted by Gasteiger charge is 2.56. The Kier molecular flexibility index (Phi) is 4.46. The van der Waals surface area contributed by atoms with Crippen LogP contribution < -0.4 is 0 Å². The minimum Gasteiger partial charge on any atom is -0.311 e. The summed E-state index contributed by atoms with van der Waals surface area (Å²) in [7, 11) is 1.88. The Balaban J connectivity index is 1.34. The minimum atomic E-state index is -0.309. The topological polar surface area (TPSA) is 117 Å². The van der Waals surface area contributed by atoms with Gasteiger partial charge in [0.15, 0.2) is 6.19 Å². The molecule has 6 rings (SSSR count). The van der Waals surface area contributed by atoms with Gasteiger partial charge in [-0.05, 0) is 43.2 Å². The molecule has 0 atom stereocenters. The number of hydrogen-bond donors (Lipinski definition) is 0. The molecule has 170 valence electrons. The predicted molar refractivity (Wildman–Crippen MR) is 123 cm³/mol. The van der Waals surface area contributed by atoms with Gasteiger partial charge in [0.05, 0.1) is 47.8 Å². The average Bonchev–Trinajstić information content (AvgIpc) is 3.58. The van der Waals surface area contributed by atoms with E-state index in [4.69, 9.17) is 10.1 Å². The van der Waals surface area contributed by atoms with Gasteiger partial charge in [0.25, 0.3) is 0 Å². The average molecular weight is 453 g/mol. The van der Waals surface area contributed by atoms with Crippen LogP contribution in [0.25, 0.3) is 28.2 Å². The van der Waals surface area contributed by atoms with Crippen LogP contribution in [0.3, 0.4) is 0 Å². The molecule has 2 aliphatic rings. The summed E-state index contributed by atoms with van der Waals surface area (Å²) >= 11 is 0. The standard InChI is InChI=1S/C24H24N10/c1-31-9-3-19(30-31)20-14-33-21(2-8-27-33)22(29-20)18-12-28-34(13-18)24(4-7-25)15-23(16-24)5-10-32(17-26)11-6-23/h2-3,8-9,12-14H,4-6,10-11,15-16H2,1H3. The highest BCUT2D eigenvalue weighted by Crippen LogP contribution is 2.59. The van der Waals surface area contributed by atoms with Gasteiger partial charge in [-0.25, -0.2) is 9.50 Å². The number of aromatic nitrogens is 7. The molecule has 0 unspecified atom stereocenters. The maximum absolute atomic E-state index is 9.62. The van der Waals surface area contributed by atoms with Gasteiger partial charge in [-0.3, -0.25) is 9.36 Å². The molecule has 1 aliphatic heterocycles. The van der Waals surface area contributed by atoms with Crippen molar-refractivity contribution >= 4 is 5.52 Å². The van der Waals surface area contributed by atoms with Crippen molar-refractivity contribution in [3.05, 3.63) is 43.1 Å². The molecular weight excluding hydrogens is 428 g/mol. The summed E-state index contributed by atoms with van der Waals surface area (Å²) in [5.41, 5.74) is 3.97. The van der Waals surface area contributed by atoms with Crippen molar-refractivity contribution < 1.29 is 0 Å². The fourth-order valence-corrected chi connectivity index (χ4v) is 5.81. The van der Waals surface area contributed by atoms with Gasteiger partial charge in [-0.15, -0.1) is 0 Å². The zero-order valence-electron chi connectivity index (χ0n) is 19.0. The Hall–Kier alpha value is -4.18. The van der Waals surface area contributed by atoms with E-state index in [1.165, 1.54) is 0 Å². The fourth-order valence-electron chi connectivity index (χ4n) is 5.81. The maximum atomic E-state index is 9.62. The minimum absolute atomic E-state index is 0.201. The van der Waals surface area contributed by atoms with Gasteiger partial charge in [0, 0.05) is 38.1 Å². The lowest BCUT2D eigenvalue weighted by Crippen LogP contribution is -2.56. The molecule has 4 aromatic heterocycles. The second-order valence-electron chi connectivity index (χ2n) is 9.68. The molecule has 0 N–H and O–H groups in total. The predicted octanol–water partition coefficient (Wildman–Crippen LogP) is 2.96. The number of aryl methyl sites for hydroxylation is 1. The molecule has 5 heterocycles. The smallest absolute Gasteiger partial charge is 0.179 e. The summed E-state index contributed by atoms with van der Waals surface area (Å²) in [6.45, 7) is 1.60. The Morgan fingerprint density at radius 3 is 2.59 bits per heavy atom. The number of hydrogen-bond acceptors (Lipinski definition) is 7. The molecule has 34 heavy (non-hydrogen) atoms. The molecule has 1 saturated carbocycles. The van der Waals surface area contributed by atoms with Crippen LogP contribution in [0, 0.1) is 28.2 Å². The number of nitrogens with zero attached hydrogens (tertiary/aromatic N) is 10. The van der Waals surface area contributed by atoms with Crippen LogP contribution in [0.15, 0.2) is 43.1 Å². The van der Waals surface area contributed by atoms with E-state index in [1.54, 1.807) is 10.9 Å². The first kappa shape index (κ1) is 20.4. The third-order valence-corrected chi connectivity index (χ3v) is 7.49. The Labute approximate surface area is 196 Å². The number of piperidine rings is 1. The quantitative estimate of drug-likeness (QED) is 0.437. The number of likely N-dealkylation sites (tertiary alicyclic amines) is 1. The van der Waals surface area contributed by atoms with E-state index in [-0.39, 0.29) is 11.0 Å². The lowest BCUT2D eigenvalue weighted by atomic mass is 9.52. The summed E-state index contributed by atoms with van der Waals surface area (Å²) in [6, 6.07) is 6.26. The molecule has 0 radical (unpaired) electrons.